The molecule has 128 valence electrons. The van der Waals surface area contributed by atoms with Crippen molar-refractivity contribution in [2.24, 2.45) is 0 Å². The molecule has 0 saturated carbocycles. The lowest BCUT2D eigenvalue weighted by atomic mass is 10.1. The number of likely N-dealkylation sites (N-methyl/N-ethyl adjacent to an activating group) is 1. The maximum absolute atomic E-state index is 10.5. The van der Waals surface area contributed by atoms with Gasteiger partial charge < -0.3 is 9.67 Å². The monoisotopic (exact) mass is 344 g/mol. The van der Waals surface area contributed by atoms with Crippen molar-refractivity contribution < 1.29 is 5.11 Å². The fourth-order valence-electron chi connectivity index (χ4n) is 2.91. The molecule has 1 atom stereocenters. The molecule has 0 spiro atoms. The zero-order valence-electron chi connectivity index (χ0n) is 14.7. The highest BCUT2D eigenvalue weighted by atomic mass is 32.1. The summed E-state index contributed by atoms with van der Waals surface area (Å²) in [7, 11) is 2.03. The highest BCUT2D eigenvalue weighted by Gasteiger charge is 2.13. The summed E-state index contributed by atoms with van der Waals surface area (Å²) in [4.78, 5) is 12.1. The molecule has 1 aromatic carbocycles. The Hall–Kier alpha value is -1.76. The van der Waals surface area contributed by atoms with Gasteiger partial charge in [0, 0.05) is 24.2 Å². The number of benzene rings is 1. The van der Waals surface area contributed by atoms with E-state index in [0.717, 1.165) is 22.6 Å². The molecule has 6 heteroatoms. The number of fused-ring (bicyclic) bond motifs is 1. The Bertz CT molecular complexity index is 839. The number of rotatable bonds is 6. The maximum Gasteiger partial charge on any atom is 0.0959 e. The summed E-state index contributed by atoms with van der Waals surface area (Å²) in [6.07, 6.45) is 3.29. The van der Waals surface area contributed by atoms with Crippen molar-refractivity contribution in [2.75, 3.05) is 13.6 Å². The Morgan fingerprint density at radius 1 is 1.21 bits per heavy atom. The molecule has 0 bridgehead atoms. The molecular formula is C18H24N4OS. The molecule has 3 rings (SSSR count). The summed E-state index contributed by atoms with van der Waals surface area (Å²) >= 11 is 1.70. The third kappa shape index (κ3) is 3.83. The molecule has 1 N–H and O–H groups in total. The van der Waals surface area contributed by atoms with Gasteiger partial charge in [-0.15, -0.1) is 11.3 Å². The molecule has 0 fully saturated rings. The van der Waals surface area contributed by atoms with Gasteiger partial charge in [0.15, 0.2) is 0 Å². The molecule has 1 unspecified atom stereocenters. The van der Waals surface area contributed by atoms with Crippen molar-refractivity contribution in [3.63, 3.8) is 0 Å². The van der Waals surface area contributed by atoms with E-state index in [1.165, 1.54) is 16.0 Å². The number of aliphatic hydroxyl groups is 1. The van der Waals surface area contributed by atoms with Crippen LogP contribution in [0.15, 0.2) is 24.7 Å². The Labute approximate surface area is 146 Å². The van der Waals surface area contributed by atoms with E-state index in [9.17, 15) is 5.11 Å². The largest absolute Gasteiger partial charge is 0.390 e. The van der Waals surface area contributed by atoms with Gasteiger partial charge in [-0.2, -0.15) is 0 Å². The SMILES string of the molecule is Cc1ncc(CN(C)CC(O)Cn2cnc3cc(C)c(C)cc32)s1. The summed E-state index contributed by atoms with van der Waals surface area (Å²) < 4.78 is 2.04. The molecular weight excluding hydrogens is 320 g/mol. The minimum absolute atomic E-state index is 0.442. The predicted molar refractivity (Wildman–Crippen MR) is 98.4 cm³/mol. The average molecular weight is 344 g/mol. The summed E-state index contributed by atoms with van der Waals surface area (Å²) in [6.45, 7) is 8.18. The number of imidazole rings is 1. The molecule has 0 aliphatic heterocycles. The van der Waals surface area contributed by atoms with Crippen molar-refractivity contribution in [3.8, 4) is 0 Å². The van der Waals surface area contributed by atoms with Gasteiger partial charge in [0.25, 0.3) is 0 Å². The van der Waals surface area contributed by atoms with Crippen molar-refractivity contribution >= 4 is 22.4 Å². The number of aryl methyl sites for hydroxylation is 3. The van der Waals surface area contributed by atoms with Gasteiger partial charge in [-0.25, -0.2) is 9.97 Å². The first kappa shape index (κ1) is 17.1. The second kappa shape index (κ2) is 7.01. The van der Waals surface area contributed by atoms with Crippen molar-refractivity contribution in [3.05, 3.63) is 45.7 Å². The number of hydrogen-bond acceptors (Lipinski definition) is 5. The molecule has 2 aromatic heterocycles. The first-order valence-electron chi connectivity index (χ1n) is 8.12. The summed E-state index contributed by atoms with van der Waals surface area (Å²) in [6, 6.07) is 4.25. The molecule has 0 amide bonds. The second-order valence-corrected chi connectivity index (χ2v) is 7.84. The van der Waals surface area contributed by atoms with E-state index in [4.69, 9.17) is 0 Å². The standard InChI is InChI=1S/C18H24N4OS/c1-12-5-17-18(6-13(12)2)22(11-20-17)9-15(23)8-21(4)10-16-7-19-14(3)24-16/h5-7,11,15,23H,8-10H2,1-4H3. The van der Waals surface area contributed by atoms with Gasteiger partial charge >= 0.3 is 0 Å². The molecule has 0 saturated heterocycles. The molecule has 0 radical (unpaired) electrons. The van der Waals surface area contributed by atoms with Crippen LogP contribution in [0.4, 0.5) is 0 Å². The quantitative estimate of drug-likeness (QED) is 0.747. The first-order valence-corrected chi connectivity index (χ1v) is 8.94. The predicted octanol–water partition coefficient (Wildman–Crippen LogP) is 2.91. The average Bonchev–Trinajstić information content (AvgIpc) is 3.07. The lowest BCUT2D eigenvalue weighted by Crippen LogP contribution is -2.31. The van der Waals surface area contributed by atoms with Crippen LogP contribution in [0.1, 0.15) is 21.0 Å². The minimum atomic E-state index is -0.442. The molecule has 24 heavy (non-hydrogen) atoms. The van der Waals surface area contributed by atoms with E-state index in [1.54, 1.807) is 11.3 Å². The highest BCUT2D eigenvalue weighted by Crippen LogP contribution is 2.19. The van der Waals surface area contributed by atoms with Crippen molar-refractivity contribution in [1.29, 1.82) is 0 Å². The molecule has 0 aliphatic rings. The molecule has 2 heterocycles. The highest BCUT2D eigenvalue weighted by molar-refractivity contribution is 7.11. The van der Waals surface area contributed by atoms with Gasteiger partial charge in [-0.05, 0) is 51.1 Å². The van der Waals surface area contributed by atoms with E-state index >= 15 is 0 Å². The van der Waals surface area contributed by atoms with Gasteiger partial charge in [-0.3, -0.25) is 4.90 Å². The van der Waals surface area contributed by atoms with Gasteiger partial charge in [-0.1, -0.05) is 0 Å². The first-order chi connectivity index (χ1) is 11.4. The lowest BCUT2D eigenvalue weighted by Gasteiger charge is -2.20. The number of nitrogens with zero attached hydrogens (tertiary/aromatic N) is 4. The number of thiazole rings is 1. The summed E-state index contributed by atoms with van der Waals surface area (Å²) in [5, 5.41) is 11.5. The third-order valence-corrected chi connectivity index (χ3v) is 5.16. The fraction of sp³-hybridized carbons (Fsp3) is 0.444. The van der Waals surface area contributed by atoms with E-state index < -0.39 is 6.10 Å². The Kier molecular flexibility index (Phi) is 4.99. The molecule has 3 aromatic rings. The summed E-state index contributed by atoms with van der Waals surface area (Å²) in [5.41, 5.74) is 4.56. The van der Waals surface area contributed by atoms with Crippen LogP contribution >= 0.6 is 11.3 Å². The smallest absolute Gasteiger partial charge is 0.0959 e. The topological polar surface area (TPSA) is 54.2 Å². The van der Waals surface area contributed by atoms with Gasteiger partial charge in [0.1, 0.15) is 0 Å². The van der Waals surface area contributed by atoms with Crippen LogP contribution < -0.4 is 0 Å². The van der Waals surface area contributed by atoms with Gasteiger partial charge in [0.05, 0.1) is 35.0 Å². The maximum atomic E-state index is 10.5. The fourth-order valence-corrected chi connectivity index (χ4v) is 3.79. The normalized spacial score (nSPS) is 13.1. The third-order valence-electron chi connectivity index (χ3n) is 4.26. The zero-order valence-corrected chi connectivity index (χ0v) is 15.5. The van der Waals surface area contributed by atoms with Crippen LogP contribution in [0.25, 0.3) is 11.0 Å². The van der Waals surface area contributed by atoms with Crippen LogP contribution in [0.5, 0.6) is 0 Å². The Morgan fingerprint density at radius 2 is 1.96 bits per heavy atom. The zero-order chi connectivity index (χ0) is 17.3. The lowest BCUT2D eigenvalue weighted by molar-refractivity contribution is 0.108. The minimum Gasteiger partial charge on any atom is -0.390 e. The van der Waals surface area contributed by atoms with Crippen LogP contribution in [0, 0.1) is 20.8 Å². The van der Waals surface area contributed by atoms with E-state index in [-0.39, 0.29) is 0 Å². The van der Waals surface area contributed by atoms with Crippen molar-refractivity contribution in [2.45, 2.75) is 40.0 Å². The van der Waals surface area contributed by atoms with E-state index in [2.05, 4.69) is 40.8 Å². The van der Waals surface area contributed by atoms with Crippen LogP contribution in [0.2, 0.25) is 0 Å². The second-order valence-electron chi connectivity index (χ2n) is 6.52. The van der Waals surface area contributed by atoms with Crippen molar-refractivity contribution in [1.82, 2.24) is 19.4 Å². The Morgan fingerprint density at radius 3 is 2.67 bits per heavy atom. The number of hydrogen-bond donors (Lipinski definition) is 1. The number of aliphatic hydroxyl groups excluding tert-OH is 1. The molecule has 0 aliphatic carbocycles. The van der Waals surface area contributed by atoms with Gasteiger partial charge in [0.2, 0.25) is 0 Å². The Balaban J connectivity index is 1.64. The summed E-state index contributed by atoms with van der Waals surface area (Å²) in [5.74, 6) is 0. The van der Waals surface area contributed by atoms with E-state index in [1.807, 2.05) is 31.1 Å². The van der Waals surface area contributed by atoms with Crippen LogP contribution in [0.3, 0.4) is 0 Å². The molecule has 5 nitrogen and oxygen atoms in total. The van der Waals surface area contributed by atoms with Crippen LogP contribution in [-0.2, 0) is 13.1 Å². The number of aromatic nitrogens is 3. The van der Waals surface area contributed by atoms with E-state index in [0.29, 0.717) is 13.1 Å². The van der Waals surface area contributed by atoms with Crippen LogP contribution in [-0.4, -0.2) is 44.2 Å².